The van der Waals surface area contributed by atoms with Gasteiger partial charge in [0, 0.05) is 45.8 Å². The zero-order valence-corrected chi connectivity index (χ0v) is 11.8. The summed E-state index contributed by atoms with van der Waals surface area (Å²) in [7, 11) is 1.83. The molecule has 1 aromatic carbocycles. The molecule has 0 aliphatic carbocycles. The van der Waals surface area contributed by atoms with Crippen molar-refractivity contribution >= 4 is 0 Å². The molecule has 3 heteroatoms. The van der Waals surface area contributed by atoms with Crippen LogP contribution in [0.1, 0.15) is 29.9 Å². The van der Waals surface area contributed by atoms with Crippen molar-refractivity contribution in [1.29, 1.82) is 0 Å². The largest absolute Gasteiger partial charge is 0.381 e. The highest BCUT2D eigenvalue weighted by Crippen LogP contribution is 2.25. The van der Waals surface area contributed by atoms with Gasteiger partial charge in [0.15, 0.2) is 0 Å². The first kappa shape index (κ1) is 13.1. The summed E-state index contributed by atoms with van der Waals surface area (Å²) in [5, 5.41) is 3.55. The molecule has 3 nitrogen and oxygen atoms in total. The molecule has 1 unspecified atom stereocenters. The van der Waals surface area contributed by atoms with E-state index in [1.807, 2.05) is 7.11 Å². The molecule has 1 aromatic rings. The number of nitrogens with zero attached hydrogens (tertiary/aromatic N) is 1. The quantitative estimate of drug-likeness (QED) is 0.899. The highest BCUT2D eigenvalue weighted by Gasteiger charge is 2.24. The zero-order valence-electron chi connectivity index (χ0n) is 11.8. The fourth-order valence-electron chi connectivity index (χ4n) is 3.39. The number of ether oxygens (including phenoxy) is 1. The Bertz CT molecular complexity index is 413. The van der Waals surface area contributed by atoms with E-state index in [0.29, 0.717) is 12.0 Å². The molecule has 1 saturated heterocycles. The van der Waals surface area contributed by atoms with Crippen molar-refractivity contribution < 1.29 is 4.74 Å². The van der Waals surface area contributed by atoms with Crippen LogP contribution in [0, 0.1) is 0 Å². The average molecular weight is 260 g/mol. The van der Waals surface area contributed by atoms with Gasteiger partial charge in [0.1, 0.15) is 0 Å². The topological polar surface area (TPSA) is 24.5 Å². The van der Waals surface area contributed by atoms with Crippen LogP contribution in [0.2, 0.25) is 0 Å². The van der Waals surface area contributed by atoms with Crippen LogP contribution >= 0.6 is 0 Å². The van der Waals surface area contributed by atoms with E-state index in [0.717, 1.165) is 13.1 Å². The molecule has 19 heavy (non-hydrogen) atoms. The van der Waals surface area contributed by atoms with Crippen LogP contribution < -0.4 is 5.32 Å². The minimum atomic E-state index is 0.480. The summed E-state index contributed by atoms with van der Waals surface area (Å²) in [5.74, 6) is 0.643. The number of benzene rings is 1. The molecule has 1 fully saturated rings. The minimum absolute atomic E-state index is 0.480. The lowest BCUT2D eigenvalue weighted by Gasteiger charge is -2.35. The van der Waals surface area contributed by atoms with Gasteiger partial charge < -0.3 is 15.0 Å². The average Bonchev–Trinajstić information content (AvgIpc) is 2.48. The van der Waals surface area contributed by atoms with E-state index in [1.54, 1.807) is 5.56 Å². The highest BCUT2D eigenvalue weighted by atomic mass is 16.5. The molecule has 0 spiro atoms. The number of hydrogen-bond donors (Lipinski definition) is 1. The summed E-state index contributed by atoms with van der Waals surface area (Å²) in [5.41, 5.74) is 3.03. The predicted molar refractivity (Wildman–Crippen MR) is 77.4 cm³/mol. The molecule has 104 valence electrons. The van der Waals surface area contributed by atoms with Crippen LogP contribution in [0.15, 0.2) is 24.3 Å². The Labute approximate surface area is 115 Å². The monoisotopic (exact) mass is 260 g/mol. The third-order valence-corrected chi connectivity index (χ3v) is 4.55. The van der Waals surface area contributed by atoms with Crippen molar-refractivity contribution in [3.8, 4) is 0 Å². The molecule has 3 rings (SSSR count). The molecule has 0 bridgehead atoms. The highest BCUT2D eigenvalue weighted by molar-refractivity contribution is 5.32. The van der Waals surface area contributed by atoms with Crippen LogP contribution in [-0.4, -0.2) is 44.3 Å². The van der Waals surface area contributed by atoms with E-state index in [9.17, 15) is 0 Å². The smallest absolute Gasteiger partial charge is 0.0595 e. The first-order valence-corrected chi connectivity index (χ1v) is 7.40. The van der Waals surface area contributed by atoms with Gasteiger partial charge in [-0.15, -0.1) is 0 Å². The van der Waals surface area contributed by atoms with E-state index in [2.05, 4.69) is 34.5 Å². The second-order valence-corrected chi connectivity index (χ2v) is 5.76. The van der Waals surface area contributed by atoms with Gasteiger partial charge in [-0.1, -0.05) is 24.3 Å². The molecule has 2 aliphatic rings. The second kappa shape index (κ2) is 6.04. The zero-order chi connectivity index (χ0) is 13.1. The van der Waals surface area contributed by atoms with Gasteiger partial charge in [-0.2, -0.15) is 0 Å². The van der Waals surface area contributed by atoms with Gasteiger partial charge in [-0.05, 0) is 24.0 Å². The van der Waals surface area contributed by atoms with Crippen molar-refractivity contribution in [3.05, 3.63) is 35.4 Å². The maximum atomic E-state index is 5.45. The second-order valence-electron chi connectivity index (χ2n) is 5.76. The number of piperidine rings is 1. The summed E-state index contributed by atoms with van der Waals surface area (Å²) >= 11 is 0. The first-order valence-electron chi connectivity index (χ1n) is 7.40. The number of fused-ring (bicyclic) bond motifs is 1. The van der Waals surface area contributed by atoms with Crippen LogP contribution in [0.4, 0.5) is 0 Å². The molecule has 0 radical (unpaired) electrons. The van der Waals surface area contributed by atoms with E-state index in [-0.39, 0.29) is 0 Å². The Balaban J connectivity index is 1.62. The molecule has 0 aromatic heterocycles. The first-order chi connectivity index (χ1) is 9.36. The van der Waals surface area contributed by atoms with E-state index < -0.39 is 0 Å². The van der Waals surface area contributed by atoms with Crippen LogP contribution in [0.5, 0.6) is 0 Å². The van der Waals surface area contributed by atoms with E-state index in [1.165, 1.54) is 38.0 Å². The fraction of sp³-hybridized carbons (Fsp3) is 0.625. The molecular formula is C16H24N2O. The number of nitrogens with one attached hydrogen (secondary N) is 1. The lowest BCUT2D eigenvalue weighted by atomic mass is 9.90. The number of rotatable bonds is 3. The van der Waals surface area contributed by atoms with E-state index >= 15 is 0 Å². The predicted octanol–water partition coefficient (Wildman–Crippen LogP) is 1.98. The van der Waals surface area contributed by atoms with Gasteiger partial charge >= 0.3 is 0 Å². The van der Waals surface area contributed by atoms with E-state index in [4.69, 9.17) is 4.74 Å². The van der Waals surface area contributed by atoms with Gasteiger partial charge in [0.2, 0.25) is 0 Å². The van der Waals surface area contributed by atoms with Crippen LogP contribution in [0.25, 0.3) is 0 Å². The fourth-order valence-corrected chi connectivity index (χ4v) is 3.39. The molecule has 2 aliphatic heterocycles. The third kappa shape index (κ3) is 2.99. The standard InChI is InChI=1S/C16H24N2O/c1-19-15-6-8-18(9-7-15)12-14-11-17-10-13-4-2-3-5-16(13)14/h2-5,14-15,17H,6-12H2,1H3. The molecule has 1 N–H and O–H groups in total. The maximum absolute atomic E-state index is 5.45. The number of hydrogen-bond acceptors (Lipinski definition) is 3. The Hall–Kier alpha value is -0.900. The van der Waals surface area contributed by atoms with Gasteiger partial charge in [-0.25, -0.2) is 0 Å². The minimum Gasteiger partial charge on any atom is -0.381 e. The van der Waals surface area contributed by atoms with Crippen molar-refractivity contribution in [2.75, 3.05) is 33.3 Å². The lowest BCUT2D eigenvalue weighted by Crippen LogP contribution is -2.42. The molecule has 0 saturated carbocycles. The van der Waals surface area contributed by atoms with Gasteiger partial charge in [-0.3, -0.25) is 0 Å². The lowest BCUT2D eigenvalue weighted by molar-refractivity contribution is 0.0391. The Morgan fingerprint density at radius 1 is 1.26 bits per heavy atom. The van der Waals surface area contributed by atoms with Gasteiger partial charge in [0.25, 0.3) is 0 Å². The Morgan fingerprint density at radius 2 is 2.05 bits per heavy atom. The Kier molecular flexibility index (Phi) is 4.16. The molecule has 0 amide bonds. The number of methoxy groups -OCH3 is 1. The van der Waals surface area contributed by atoms with Crippen molar-refractivity contribution in [3.63, 3.8) is 0 Å². The van der Waals surface area contributed by atoms with Crippen molar-refractivity contribution in [2.24, 2.45) is 0 Å². The number of likely N-dealkylation sites (tertiary alicyclic amines) is 1. The van der Waals surface area contributed by atoms with Crippen molar-refractivity contribution in [1.82, 2.24) is 10.2 Å². The summed E-state index contributed by atoms with van der Waals surface area (Å²) in [6, 6.07) is 8.88. The summed E-state index contributed by atoms with van der Waals surface area (Å²) in [4.78, 5) is 2.60. The molecule has 1 atom stereocenters. The van der Waals surface area contributed by atoms with Gasteiger partial charge in [0.05, 0.1) is 6.10 Å². The maximum Gasteiger partial charge on any atom is 0.0595 e. The summed E-state index contributed by atoms with van der Waals surface area (Å²) in [6.07, 6.45) is 2.84. The SMILES string of the molecule is COC1CCN(CC2CNCc3ccccc32)CC1. The summed E-state index contributed by atoms with van der Waals surface area (Å²) in [6.45, 7) is 5.68. The third-order valence-electron chi connectivity index (χ3n) is 4.55. The molecule has 2 heterocycles. The van der Waals surface area contributed by atoms with Crippen molar-refractivity contribution in [2.45, 2.75) is 31.4 Å². The normalized spacial score (nSPS) is 25.2. The Morgan fingerprint density at radius 3 is 2.84 bits per heavy atom. The summed E-state index contributed by atoms with van der Waals surface area (Å²) < 4.78 is 5.45. The molecular weight excluding hydrogens is 236 g/mol. The van der Waals surface area contributed by atoms with Crippen LogP contribution in [-0.2, 0) is 11.3 Å². The van der Waals surface area contributed by atoms with Crippen LogP contribution in [0.3, 0.4) is 0 Å².